The maximum absolute atomic E-state index is 12.8. The minimum atomic E-state index is -0.231. The molecule has 0 spiro atoms. The van der Waals surface area contributed by atoms with E-state index in [-0.39, 0.29) is 11.4 Å². The molecule has 0 saturated carbocycles. The third kappa shape index (κ3) is 3.36. The molecule has 1 aromatic carbocycles. The molecule has 0 saturated heterocycles. The van der Waals surface area contributed by atoms with Crippen molar-refractivity contribution in [1.82, 2.24) is 14.6 Å². The lowest BCUT2D eigenvalue weighted by molar-refractivity contribution is 0.627. The highest BCUT2D eigenvalue weighted by Gasteiger charge is 2.08. The quantitative estimate of drug-likeness (QED) is 0.718. The Hall–Kier alpha value is -1.73. The van der Waals surface area contributed by atoms with Gasteiger partial charge >= 0.3 is 0 Å². The lowest BCUT2D eigenvalue weighted by atomic mass is 10.2. The Labute approximate surface area is 135 Å². The molecule has 0 amide bonds. The van der Waals surface area contributed by atoms with Crippen molar-refractivity contribution in [3.63, 3.8) is 0 Å². The van der Waals surface area contributed by atoms with Gasteiger partial charge in [0.2, 0.25) is 4.96 Å². The molecular weight excluding hydrogens is 321 g/mol. The topological polar surface area (TPSA) is 47.3 Å². The highest BCUT2D eigenvalue weighted by Crippen LogP contribution is 2.18. The van der Waals surface area contributed by atoms with E-state index >= 15 is 0 Å². The van der Waals surface area contributed by atoms with Crippen molar-refractivity contribution in [3.8, 4) is 0 Å². The molecule has 114 valence electrons. The number of hydrogen-bond acceptors (Lipinski definition) is 5. The summed E-state index contributed by atoms with van der Waals surface area (Å²) >= 11 is 3.09. The van der Waals surface area contributed by atoms with Crippen LogP contribution in [0.15, 0.2) is 35.1 Å². The Balaban J connectivity index is 1.71. The summed E-state index contributed by atoms with van der Waals surface area (Å²) in [5, 5.41) is 5.13. The van der Waals surface area contributed by atoms with Gasteiger partial charge in [0.25, 0.3) is 5.56 Å². The smallest absolute Gasteiger partial charge is 0.267 e. The van der Waals surface area contributed by atoms with Crippen LogP contribution in [0, 0.1) is 5.82 Å². The summed E-state index contributed by atoms with van der Waals surface area (Å²) in [7, 11) is 0. The molecule has 0 N–H and O–H groups in total. The fourth-order valence-corrected chi connectivity index (χ4v) is 3.71. The first-order valence-electron chi connectivity index (χ1n) is 6.86. The molecule has 0 radical (unpaired) electrons. The number of halogens is 1. The number of fused-ring (bicyclic) bond motifs is 1. The molecule has 0 aliphatic carbocycles. The van der Waals surface area contributed by atoms with E-state index in [0.717, 1.165) is 28.4 Å². The summed E-state index contributed by atoms with van der Waals surface area (Å²) in [6.45, 7) is 2.00. The highest BCUT2D eigenvalue weighted by atomic mass is 32.2. The maximum atomic E-state index is 12.8. The molecule has 22 heavy (non-hydrogen) atoms. The van der Waals surface area contributed by atoms with Crippen LogP contribution in [0.1, 0.15) is 23.2 Å². The number of rotatable bonds is 5. The van der Waals surface area contributed by atoms with Crippen molar-refractivity contribution >= 4 is 28.1 Å². The predicted molar refractivity (Wildman–Crippen MR) is 87.9 cm³/mol. The van der Waals surface area contributed by atoms with Crippen LogP contribution in [-0.4, -0.2) is 14.6 Å². The molecule has 0 aliphatic rings. The Morgan fingerprint density at radius 2 is 2.05 bits per heavy atom. The Bertz CT molecular complexity index is 842. The van der Waals surface area contributed by atoms with Crippen LogP contribution in [0.4, 0.5) is 4.39 Å². The zero-order valence-electron chi connectivity index (χ0n) is 12.0. The molecule has 3 rings (SSSR count). The highest BCUT2D eigenvalue weighted by molar-refractivity contribution is 7.97. The number of aromatic nitrogens is 3. The van der Waals surface area contributed by atoms with Crippen molar-refractivity contribution < 1.29 is 4.39 Å². The van der Waals surface area contributed by atoms with E-state index < -0.39 is 0 Å². The van der Waals surface area contributed by atoms with Gasteiger partial charge < -0.3 is 0 Å². The second kappa shape index (κ2) is 6.58. The number of aryl methyl sites for hydroxylation is 1. The molecule has 2 heterocycles. The van der Waals surface area contributed by atoms with Gasteiger partial charge in [-0.2, -0.15) is 21.4 Å². The molecule has 0 bridgehead atoms. The third-order valence-corrected chi connectivity index (χ3v) is 5.16. The fourth-order valence-electron chi connectivity index (χ4n) is 1.97. The van der Waals surface area contributed by atoms with Crippen molar-refractivity contribution in [2.45, 2.75) is 24.9 Å². The SMILES string of the molecule is CCc1nn2c(=O)cc(CSCc3ccc(F)cc3)nc2s1. The zero-order chi connectivity index (χ0) is 15.5. The Morgan fingerprint density at radius 3 is 2.77 bits per heavy atom. The van der Waals surface area contributed by atoms with Crippen molar-refractivity contribution in [3.05, 3.63) is 62.8 Å². The molecule has 3 aromatic rings. The van der Waals surface area contributed by atoms with E-state index in [4.69, 9.17) is 0 Å². The first-order valence-corrected chi connectivity index (χ1v) is 8.83. The molecule has 0 fully saturated rings. The van der Waals surface area contributed by atoms with Crippen LogP contribution < -0.4 is 5.56 Å². The van der Waals surface area contributed by atoms with E-state index in [1.807, 2.05) is 6.92 Å². The normalized spacial score (nSPS) is 11.2. The third-order valence-electron chi connectivity index (χ3n) is 3.07. The van der Waals surface area contributed by atoms with Crippen LogP contribution in [-0.2, 0) is 17.9 Å². The lowest BCUT2D eigenvalue weighted by Crippen LogP contribution is -2.15. The standard InChI is InChI=1S/C15H14FN3OS2/c1-2-13-18-19-14(20)7-12(17-15(19)22-13)9-21-8-10-3-5-11(16)6-4-10/h3-7H,2,8-9H2,1H3. The van der Waals surface area contributed by atoms with Gasteiger partial charge in [0.05, 0.1) is 5.69 Å². The van der Waals surface area contributed by atoms with Crippen LogP contribution in [0.2, 0.25) is 0 Å². The van der Waals surface area contributed by atoms with E-state index in [1.54, 1.807) is 23.9 Å². The molecule has 2 aromatic heterocycles. The van der Waals surface area contributed by atoms with Gasteiger partial charge in [0.1, 0.15) is 10.8 Å². The zero-order valence-corrected chi connectivity index (χ0v) is 13.6. The Morgan fingerprint density at radius 1 is 1.27 bits per heavy atom. The summed E-state index contributed by atoms with van der Waals surface area (Å²) in [5.74, 6) is 1.16. The van der Waals surface area contributed by atoms with Crippen LogP contribution in [0.25, 0.3) is 4.96 Å². The molecule has 4 nitrogen and oxygen atoms in total. The average Bonchev–Trinajstić information content (AvgIpc) is 2.93. The van der Waals surface area contributed by atoms with E-state index in [0.29, 0.717) is 10.7 Å². The first kappa shape index (κ1) is 15.2. The van der Waals surface area contributed by atoms with Crippen LogP contribution in [0.3, 0.4) is 0 Å². The van der Waals surface area contributed by atoms with Gasteiger partial charge in [0.15, 0.2) is 0 Å². The van der Waals surface area contributed by atoms with Gasteiger partial charge in [0, 0.05) is 17.6 Å². The summed E-state index contributed by atoms with van der Waals surface area (Å²) in [6, 6.07) is 7.98. The van der Waals surface area contributed by atoms with Crippen molar-refractivity contribution in [1.29, 1.82) is 0 Å². The van der Waals surface area contributed by atoms with E-state index in [2.05, 4.69) is 10.1 Å². The van der Waals surface area contributed by atoms with Crippen LogP contribution >= 0.6 is 23.1 Å². The first-order chi connectivity index (χ1) is 10.7. The predicted octanol–water partition coefficient (Wildman–Crippen LogP) is 3.29. The van der Waals surface area contributed by atoms with Crippen molar-refractivity contribution in [2.24, 2.45) is 0 Å². The van der Waals surface area contributed by atoms with Gasteiger partial charge in [-0.3, -0.25) is 4.79 Å². The Kier molecular flexibility index (Phi) is 4.54. The summed E-state index contributed by atoms with van der Waals surface area (Å²) < 4.78 is 14.2. The van der Waals surface area contributed by atoms with Gasteiger partial charge in [-0.25, -0.2) is 9.37 Å². The summed E-state index contributed by atoms with van der Waals surface area (Å²) in [6.07, 6.45) is 0.794. The van der Waals surface area contributed by atoms with Gasteiger partial charge in [-0.1, -0.05) is 30.4 Å². The molecule has 7 heteroatoms. The summed E-state index contributed by atoms with van der Waals surface area (Å²) in [5.41, 5.74) is 1.66. The largest absolute Gasteiger partial charge is 0.275 e. The van der Waals surface area contributed by atoms with E-state index in [9.17, 15) is 9.18 Å². The minimum absolute atomic E-state index is 0.140. The average molecular weight is 335 g/mol. The lowest BCUT2D eigenvalue weighted by Gasteiger charge is -2.02. The van der Waals surface area contributed by atoms with Gasteiger partial charge in [-0.15, -0.1) is 0 Å². The van der Waals surface area contributed by atoms with Crippen molar-refractivity contribution in [2.75, 3.05) is 0 Å². The fraction of sp³-hybridized carbons (Fsp3) is 0.267. The molecular formula is C15H14FN3OS2. The molecule has 0 unspecified atom stereocenters. The van der Waals surface area contributed by atoms with Gasteiger partial charge in [-0.05, 0) is 24.1 Å². The summed E-state index contributed by atoms with van der Waals surface area (Å²) in [4.78, 5) is 17.1. The second-order valence-electron chi connectivity index (χ2n) is 4.75. The number of nitrogens with zero attached hydrogens (tertiary/aromatic N) is 3. The number of hydrogen-bond donors (Lipinski definition) is 0. The van der Waals surface area contributed by atoms with Crippen LogP contribution in [0.5, 0.6) is 0 Å². The second-order valence-corrected chi connectivity index (χ2v) is 6.77. The molecule has 0 aliphatic heterocycles. The maximum Gasteiger partial charge on any atom is 0.275 e. The minimum Gasteiger partial charge on any atom is -0.267 e. The monoisotopic (exact) mass is 335 g/mol. The number of benzene rings is 1. The van der Waals surface area contributed by atoms with E-state index in [1.165, 1.54) is 34.1 Å². The number of thioether (sulfide) groups is 1. The molecule has 0 atom stereocenters.